The number of aryl methyl sites for hydroxylation is 2. The molecule has 10 heteroatoms. The molecule has 0 saturated heterocycles. The van der Waals surface area contributed by atoms with Gasteiger partial charge < -0.3 is 4.74 Å². The van der Waals surface area contributed by atoms with Gasteiger partial charge in [-0.05, 0) is 38.1 Å². The highest BCUT2D eigenvalue weighted by atomic mass is 32.2. The molecule has 0 fully saturated rings. The Labute approximate surface area is 177 Å². The van der Waals surface area contributed by atoms with E-state index in [4.69, 9.17) is 4.74 Å². The number of amides is 1. The molecule has 30 heavy (non-hydrogen) atoms. The molecule has 0 heterocycles. The molecule has 8 nitrogen and oxygen atoms in total. The largest absolute Gasteiger partial charge is 0.441 e. The summed E-state index contributed by atoms with van der Waals surface area (Å²) in [5.41, 5.74) is 1.80. The normalized spacial score (nSPS) is 12.7. The van der Waals surface area contributed by atoms with Gasteiger partial charge in [0.2, 0.25) is 10.0 Å². The Kier molecular flexibility index (Phi) is 7.77. The summed E-state index contributed by atoms with van der Waals surface area (Å²) in [5.74, 6) is 0. The first kappa shape index (κ1) is 23.6. The van der Waals surface area contributed by atoms with Crippen LogP contribution in [0, 0.1) is 13.8 Å². The Bertz CT molecular complexity index is 1090. The quantitative estimate of drug-likeness (QED) is 0.565. The Hall–Kier alpha value is -2.69. The smallest absolute Gasteiger partial charge is 0.421 e. The van der Waals surface area contributed by atoms with Crippen molar-refractivity contribution in [2.45, 2.75) is 36.2 Å². The number of ether oxygens (including phenoxy) is 1. The lowest BCUT2D eigenvalue weighted by Gasteiger charge is -2.15. The molecule has 0 spiro atoms. The minimum Gasteiger partial charge on any atom is -0.441 e. The van der Waals surface area contributed by atoms with Gasteiger partial charge >= 0.3 is 6.09 Å². The van der Waals surface area contributed by atoms with Gasteiger partial charge in [-0.3, -0.25) is 0 Å². The van der Waals surface area contributed by atoms with Crippen molar-refractivity contribution in [1.29, 1.82) is 0 Å². The van der Waals surface area contributed by atoms with Crippen molar-refractivity contribution in [3.05, 3.63) is 72.3 Å². The number of carbonyl (C=O) groups excluding carboxylic acids is 1. The first-order valence-corrected chi connectivity index (χ1v) is 12.0. The van der Waals surface area contributed by atoms with E-state index >= 15 is 0 Å². The van der Waals surface area contributed by atoms with Crippen LogP contribution in [0.3, 0.4) is 0 Å². The third-order valence-electron chi connectivity index (χ3n) is 4.12. The SMILES string of the molecule is C=C[C@@H](CCNS(=O)(=O)c1ccc(C)cc1)OC(=O)NS(=O)(=O)c1ccc(C)cc1. The van der Waals surface area contributed by atoms with Gasteiger partial charge in [-0.15, -0.1) is 0 Å². The molecule has 0 aromatic heterocycles. The van der Waals surface area contributed by atoms with Gasteiger partial charge in [0.1, 0.15) is 6.10 Å². The van der Waals surface area contributed by atoms with E-state index in [1.54, 1.807) is 31.2 Å². The van der Waals surface area contributed by atoms with E-state index in [2.05, 4.69) is 11.3 Å². The van der Waals surface area contributed by atoms with E-state index in [9.17, 15) is 21.6 Å². The summed E-state index contributed by atoms with van der Waals surface area (Å²) < 4.78 is 58.2. The molecular formula is C20H24N2O6S2. The molecule has 2 aromatic carbocycles. The Balaban J connectivity index is 1.90. The second-order valence-electron chi connectivity index (χ2n) is 6.60. The van der Waals surface area contributed by atoms with Crippen molar-refractivity contribution in [2.75, 3.05) is 6.54 Å². The molecule has 1 amide bonds. The monoisotopic (exact) mass is 452 g/mol. The molecular weight excluding hydrogens is 428 g/mol. The van der Waals surface area contributed by atoms with Crippen LogP contribution in [-0.2, 0) is 24.8 Å². The van der Waals surface area contributed by atoms with Crippen LogP contribution in [0.5, 0.6) is 0 Å². The first-order chi connectivity index (χ1) is 14.0. The molecule has 2 rings (SSSR count). The lowest BCUT2D eigenvalue weighted by atomic mass is 10.2. The van der Waals surface area contributed by atoms with Crippen molar-refractivity contribution in [2.24, 2.45) is 0 Å². The number of nitrogens with one attached hydrogen (secondary N) is 2. The Morgan fingerprint density at radius 1 is 0.933 bits per heavy atom. The third-order valence-corrected chi connectivity index (χ3v) is 6.93. The van der Waals surface area contributed by atoms with E-state index in [-0.39, 0.29) is 22.8 Å². The van der Waals surface area contributed by atoms with Crippen molar-refractivity contribution in [3.63, 3.8) is 0 Å². The van der Waals surface area contributed by atoms with Crippen molar-refractivity contribution < 1.29 is 26.4 Å². The van der Waals surface area contributed by atoms with E-state index in [1.807, 2.05) is 11.6 Å². The predicted molar refractivity (Wildman–Crippen MR) is 113 cm³/mol. The molecule has 0 aliphatic rings. The highest BCUT2D eigenvalue weighted by Gasteiger charge is 2.21. The van der Waals surface area contributed by atoms with Gasteiger partial charge in [0.05, 0.1) is 9.79 Å². The number of rotatable bonds is 9. The summed E-state index contributed by atoms with van der Waals surface area (Å²) >= 11 is 0. The van der Waals surface area contributed by atoms with E-state index in [0.717, 1.165) is 11.1 Å². The standard InChI is InChI=1S/C20H24N2O6S2/c1-4-17(13-14-21-29(24,25)18-9-5-15(2)6-10-18)28-20(23)22-30(26,27)19-11-7-16(3)8-12-19/h4-12,17,21H,1,13-14H2,2-3H3,(H,22,23)/t17-/m0/s1. The molecule has 162 valence electrons. The fourth-order valence-corrected chi connectivity index (χ4v) is 4.34. The van der Waals surface area contributed by atoms with Crippen LogP contribution in [0.1, 0.15) is 17.5 Å². The highest BCUT2D eigenvalue weighted by molar-refractivity contribution is 7.90. The zero-order valence-corrected chi connectivity index (χ0v) is 18.3. The maximum absolute atomic E-state index is 12.3. The van der Waals surface area contributed by atoms with Crippen molar-refractivity contribution in [1.82, 2.24) is 9.44 Å². The van der Waals surface area contributed by atoms with Crippen molar-refractivity contribution in [3.8, 4) is 0 Å². The van der Waals surface area contributed by atoms with Crippen LogP contribution in [0.15, 0.2) is 71.0 Å². The minimum absolute atomic E-state index is 0.0368. The average molecular weight is 453 g/mol. The van der Waals surface area contributed by atoms with E-state index in [0.29, 0.717) is 0 Å². The molecule has 1 atom stereocenters. The third kappa shape index (κ3) is 6.68. The van der Waals surface area contributed by atoms with Gasteiger partial charge in [-0.2, -0.15) is 0 Å². The van der Waals surface area contributed by atoms with Crippen LogP contribution in [-0.4, -0.2) is 35.6 Å². The van der Waals surface area contributed by atoms with E-state index < -0.39 is 32.2 Å². The maximum Gasteiger partial charge on any atom is 0.421 e. The number of sulfonamides is 2. The average Bonchev–Trinajstić information content (AvgIpc) is 2.67. The lowest BCUT2D eigenvalue weighted by molar-refractivity contribution is 0.122. The first-order valence-electron chi connectivity index (χ1n) is 9.02. The number of hydrogen-bond donors (Lipinski definition) is 2. The van der Waals surface area contributed by atoms with Crippen molar-refractivity contribution >= 4 is 26.1 Å². The second kappa shape index (κ2) is 9.88. The zero-order valence-electron chi connectivity index (χ0n) is 16.7. The van der Waals surface area contributed by atoms with Gasteiger partial charge in [-0.1, -0.05) is 48.0 Å². The van der Waals surface area contributed by atoms with Crippen LogP contribution >= 0.6 is 0 Å². The minimum atomic E-state index is -4.08. The summed E-state index contributed by atoms with van der Waals surface area (Å²) in [6.07, 6.45) is -0.703. The number of hydrogen-bond acceptors (Lipinski definition) is 6. The van der Waals surface area contributed by atoms with Gasteiger partial charge in [-0.25, -0.2) is 31.1 Å². The summed E-state index contributed by atoms with van der Waals surface area (Å²) in [5, 5.41) is 0. The summed E-state index contributed by atoms with van der Waals surface area (Å²) in [6.45, 7) is 7.15. The molecule has 0 saturated carbocycles. The molecule has 0 radical (unpaired) electrons. The molecule has 0 aliphatic carbocycles. The molecule has 2 aromatic rings. The lowest BCUT2D eigenvalue weighted by Crippen LogP contribution is -2.35. The van der Waals surface area contributed by atoms with Crippen LogP contribution in [0.4, 0.5) is 4.79 Å². The Morgan fingerprint density at radius 2 is 1.40 bits per heavy atom. The Morgan fingerprint density at radius 3 is 1.87 bits per heavy atom. The topological polar surface area (TPSA) is 119 Å². The fourth-order valence-electron chi connectivity index (χ4n) is 2.41. The maximum atomic E-state index is 12.3. The molecule has 2 N–H and O–H groups in total. The zero-order chi connectivity index (χ0) is 22.4. The molecule has 0 bridgehead atoms. The summed E-state index contributed by atoms with van der Waals surface area (Å²) in [7, 11) is -7.80. The van der Waals surface area contributed by atoms with Crippen LogP contribution < -0.4 is 9.44 Å². The van der Waals surface area contributed by atoms with E-state index in [1.165, 1.54) is 30.3 Å². The predicted octanol–water partition coefficient (Wildman–Crippen LogP) is 2.64. The van der Waals surface area contributed by atoms with Gasteiger partial charge in [0.25, 0.3) is 10.0 Å². The summed E-state index contributed by atoms with van der Waals surface area (Å²) in [4.78, 5) is 12.0. The molecule has 0 aliphatic heterocycles. The van der Waals surface area contributed by atoms with Crippen LogP contribution in [0.2, 0.25) is 0 Å². The van der Waals surface area contributed by atoms with Gasteiger partial charge in [0, 0.05) is 13.0 Å². The fraction of sp³-hybridized carbons (Fsp3) is 0.250. The highest BCUT2D eigenvalue weighted by Crippen LogP contribution is 2.12. The van der Waals surface area contributed by atoms with Crippen LogP contribution in [0.25, 0.3) is 0 Å². The summed E-state index contributed by atoms with van der Waals surface area (Å²) in [6, 6.07) is 12.3. The number of carbonyl (C=O) groups is 1. The number of benzene rings is 2. The van der Waals surface area contributed by atoms with Gasteiger partial charge in [0.15, 0.2) is 0 Å². The second-order valence-corrected chi connectivity index (χ2v) is 10.0. The molecule has 0 unspecified atom stereocenters.